The first-order valence-electron chi connectivity index (χ1n) is 11.3. The molecule has 0 saturated heterocycles. The molecule has 7 nitrogen and oxygen atoms in total. The molecular weight excluding hydrogens is 472 g/mol. The minimum atomic E-state index is -0.194. The molecule has 0 spiro atoms. The molecule has 0 aliphatic rings. The second-order valence-electron chi connectivity index (χ2n) is 8.20. The van der Waals surface area contributed by atoms with Crippen molar-refractivity contribution in [3.05, 3.63) is 125 Å². The molecule has 6 aromatic rings. The van der Waals surface area contributed by atoms with E-state index in [4.69, 9.17) is 16.6 Å². The molecule has 0 bridgehead atoms. The zero-order chi connectivity index (χ0) is 24.5. The Labute approximate surface area is 211 Å². The molecule has 2 aromatic carbocycles. The summed E-state index contributed by atoms with van der Waals surface area (Å²) < 4.78 is 3.58. The average Bonchev–Trinajstić information content (AvgIpc) is 3.38. The van der Waals surface area contributed by atoms with Gasteiger partial charge < -0.3 is 4.57 Å². The third-order valence-corrected chi connectivity index (χ3v) is 6.12. The molecule has 0 amide bonds. The van der Waals surface area contributed by atoms with E-state index in [1.54, 1.807) is 30.6 Å². The Kier molecular flexibility index (Phi) is 5.59. The van der Waals surface area contributed by atoms with Crippen LogP contribution in [0.1, 0.15) is 5.69 Å². The first kappa shape index (κ1) is 21.9. The number of fused-ring (bicyclic) bond motifs is 1. The maximum Gasteiger partial charge on any atom is 0.267 e. The van der Waals surface area contributed by atoms with Crippen molar-refractivity contribution >= 4 is 22.5 Å². The van der Waals surface area contributed by atoms with Crippen LogP contribution in [0.25, 0.3) is 39.5 Å². The fraction of sp³-hybridized carbons (Fsp3) is 0.0357. The zero-order valence-corrected chi connectivity index (χ0v) is 19.7. The number of hydrogen-bond acceptors (Lipinski definition) is 5. The lowest BCUT2D eigenvalue weighted by atomic mass is 10.1. The van der Waals surface area contributed by atoms with Crippen molar-refractivity contribution < 1.29 is 0 Å². The number of pyridine rings is 2. The van der Waals surface area contributed by atoms with Crippen LogP contribution in [-0.4, -0.2) is 29.1 Å². The highest BCUT2D eigenvalue weighted by atomic mass is 35.5. The molecule has 6 rings (SSSR count). The van der Waals surface area contributed by atoms with Crippen LogP contribution in [0.5, 0.6) is 0 Å². The van der Waals surface area contributed by atoms with Gasteiger partial charge in [0.05, 0.1) is 28.2 Å². The minimum absolute atomic E-state index is 0.194. The summed E-state index contributed by atoms with van der Waals surface area (Å²) in [4.78, 5) is 31.7. The lowest BCUT2D eigenvalue weighted by Gasteiger charge is -2.14. The van der Waals surface area contributed by atoms with E-state index in [9.17, 15) is 4.79 Å². The summed E-state index contributed by atoms with van der Waals surface area (Å²) in [5.74, 6) is 1.78. The Bertz CT molecular complexity index is 1730. The quantitative estimate of drug-likeness (QED) is 0.323. The van der Waals surface area contributed by atoms with E-state index < -0.39 is 0 Å². The predicted octanol–water partition coefficient (Wildman–Crippen LogP) is 5.41. The summed E-state index contributed by atoms with van der Waals surface area (Å²) in [6.45, 7) is 0.617. The molecule has 8 heteroatoms. The highest BCUT2D eigenvalue weighted by Crippen LogP contribution is 2.26. The first-order valence-corrected chi connectivity index (χ1v) is 11.7. The molecule has 0 atom stereocenters. The second-order valence-corrected chi connectivity index (χ2v) is 8.64. The topological polar surface area (TPSA) is 78.5 Å². The Morgan fingerprint density at radius 2 is 1.53 bits per heavy atom. The van der Waals surface area contributed by atoms with Crippen molar-refractivity contribution in [1.82, 2.24) is 29.1 Å². The van der Waals surface area contributed by atoms with E-state index in [1.165, 1.54) is 10.8 Å². The largest absolute Gasteiger partial charge is 0.325 e. The van der Waals surface area contributed by atoms with Gasteiger partial charge in [-0.3, -0.25) is 9.78 Å². The van der Waals surface area contributed by atoms with Crippen LogP contribution in [0, 0.1) is 0 Å². The molecule has 174 valence electrons. The summed E-state index contributed by atoms with van der Waals surface area (Å²) >= 11 is 6.04. The van der Waals surface area contributed by atoms with Crippen LogP contribution < -0.4 is 5.56 Å². The van der Waals surface area contributed by atoms with Gasteiger partial charge in [-0.2, -0.15) is 0 Å². The van der Waals surface area contributed by atoms with Gasteiger partial charge in [0.2, 0.25) is 0 Å². The van der Waals surface area contributed by atoms with Crippen LogP contribution in [0.4, 0.5) is 0 Å². The van der Waals surface area contributed by atoms with Gasteiger partial charge in [-0.25, -0.2) is 19.5 Å². The zero-order valence-electron chi connectivity index (χ0n) is 19.0. The fourth-order valence-corrected chi connectivity index (χ4v) is 4.28. The van der Waals surface area contributed by atoms with Gasteiger partial charge >= 0.3 is 0 Å². The van der Waals surface area contributed by atoms with E-state index in [1.807, 2.05) is 66.9 Å². The third kappa shape index (κ3) is 4.06. The Balaban J connectivity index is 1.44. The molecule has 0 radical (unpaired) electrons. The maximum absolute atomic E-state index is 13.5. The number of rotatable bonds is 5. The number of imidazole rings is 1. The molecule has 0 unspecified atom stereocenters. The second kappa shape index (κ2) is 9.20. The van der Waals surface area contributed by atoms with Crippen molar-refractivity contribution in [3.63, 3.8) is 0 Å². The van der Waals surface area contributed by atoms with Gasteiger partial charge in [0.25, 0.3) is 5.56 Å². The Morgan fingerprint density at radius 3 is 2.28 bits per heavy atom. The van der Waals surface area contributed by atoms with Gasteiger partial charge in [0.15, 0.2) is 0 Å². The van der Waals surface area contributed by atoms with Gasteiger partial charge in [-0.05, 0) is 36.4 Å². The monoisotopic (exact) mass is 490 g/mol. The minimum Gasteiger partial charge on any atom is -0.325 e. The molecule has 0 saturated carbocycles. The molecular formula is C28H19ClN6O. The summed E-state index contributed by atoms with van der Waals surface area (Å²) in [5.41, 5.74) is 3.10. The highest BCUT2D eigenvalue weighted by Gasteiger charge is 2.16. The van der Waals surface area contributed by atoms with Crippen molar-refractivity contribution in [3.8, 4) is 28.6 Å². The van der Waals surface area contributed by atoms with Crippen LogP contribution in [-0.2, 0) is 6.54 Å². The van der Waals surface area contributed by atoms with Crippen molar-refractivity contribution in [1.29, 1.82) is 0 Å². The number of aromatic nitrogens is 6. The van der Waals surface area contributed by atoms with Gasteiger partial charge in [0, 0.05) is 35.9 Å². The SMILES string of the molecule is O=c1c2ccccc2nc(-c2ccc(-c3nccn3Cc3ccccn3)cc2)n1-c1ccc(Cl)cn1. The number of nitrogens with zero attached hydrogens (tertiary/aromatic N) is 6. The summed E-state index contributed by atoms with van der Waals surface area (Å²) in [5, 5.41) is 1.01. The maximum atomic E-state index is 13.5. The van der Waals surface area contributed by atoms with Gasteiger partial charge in [-0.15, -0.1) is 0 Å². The Hall–Kier alpha value is -4.62. The van der Waals surface area contributed by atoms with Crippen molar-refractivity contribution in [2.45, 2.75) is 6.54 Å². The number of para-hydroxylation sites is 1. The fourth-order valence-electron chi connectivity index (χ4n) is 4.17. The normalized spacial score (nSPS) is 11.1. The van der Waals surface area contributed by atoms with Crippen LogP contribution in [0.15, 0.2) is 108 Å². The predicted molar refractivity (Wildman–Crippen MR) is 140 cm³/mol. The van der Waals surface area contributed by atoms with E-state index in [0.717, 1.165) is 22.6 Å². The van der Waals surface area contributed by atoms with E-state index in [-0.39, 0.29) is 5.56 Å². The van der Waals surface area contributed by atoms with Crippen LogP contribution in [0.2, 0.25) is 5.02 Å². The van der Waals surface area contributed by atoms with Gasteiger partial charge in [0.1, 0.15) is 17.5 Å². The van der Waals surface area contributed by atoms with Crippen molar-refractivity contribution in [2.24, 2.45) is 0 Å². The summed E-state index contributed by atoms with van der Waals surface area (Å²) in [6, 6.07) is 24.4. The molecule has 0 aliphatic carbocycles. The smallest absolute Gasteiger partial charge is 0.267 e. The van der Waals surface area contributed by atoms with Crippen LogP contribution >= 0.6 is 11.6 Å². The molecule has 0 aliphatic heterocycles. The molecule has 0 N–H and O–H groups in total. The van der Waals surface area contributed by atoms with Crippen LogP contribution in [0.3, 0.4) is 0 Å². The summed E-state index contributed by atoms with van der Waals surface area (Å²) in [6.07, 6.45) is 7.02. The lowest BCUT2D eigenvalue weighted by molar-refractivity contribution is 0.782. The molecule has 36 heavy (non-hydrogen) atoms. The number of hydrogen-bond donors (Lipinski definition) is 0. The highest BCUT2D eigenvalue weighted by molar-refractivity contribution is 6.30. The van der Waals surface area contributed by atoms with Crippen molar-refractivity contribution in [2.75, 3.05) is 0 Å². The Morgan fingerprint density at radius 1 is 0.750 bits per heavy atom. The lowest BCUT2D eigenvalue weighted by Crippen LogP contribution is -2.22. The van der Waals surface area contributed by atoms with E-state index in [2.05, 4.69) is 19.5 Å². The molecule has 4 aromatic heterocycles. The number of benzene rings is 2. The van der Waals surface area contributed by atoms with E-state index >= 15 is 0 Å². The van der Waals surface area contributed by atoms with Gasteiger partial charge in [-0.1, -0.05) is 54.1 Å². The first-order chi connectivity index (χ1) is 17.7. The third-order valence-electron chi connectivity index (χ3n) is 5.89. The van der Waals surface area contributed by atoms with E-state index in [0.29, 0.717) is 34.1 Å². The molecule has 4 heterocycles. The molecule has 0 fully saturated rings. The summed E-state index contributed by atoms with van der Waals surface area (Å²) in [7, 11) is 0. The average molecular weight is 491 g/mol. The number of halogens is 1. The standard InChI is InChI=1S/C28H19ClN6O/c29-21-12-13-25(32-17-21)35-27(33-24-7-2-1-6-23(24)28(35)36)20-10-8-19(9-11-20)26-31-15-16-34(26)18-22-5-3-4-14-30-22/h1-17H,18H2.